The van der Waals surface area contributed by atoms with E-state index in [0.29, 0.717) is 0 Å². The first-order valence-corrected chi connectivity index (χ1v) is 3.23. The molecule has 13 nitrogen and oxygen atoms in total. The lowest BCUT2D eigenvalue weighted by atomic mass is 10.8. The molecule has 14 heteroatoms. The van der Waals surface area contributed by atoms with Gasteiger partial charge in [0.15, 0.2) is 9.85 Å². The molecule has 0 saturated carbocycles. The van der Waals surface area contributed by atoms with E-state index in [1.54, 1.807) is 0 Å². The van der Waals surface area contributed by atoms with Crippen LogP contribution in [0.25, 0.3) is 0 Å². The smallest absolute Gasteiger partial charge is 0.390 e. The van der Waals surface area contributed by atoms with Gasteiger partial charge in [0, 0.05) is 0 Å². The molecule has 0 unspecified atom stereocenters. The van der Waals surface area contributed by atoms with Crippen LogP contribution < -0.4 is 0 Å². The number of tetrazole rings is 1. The molecule has 0 amide bonds. The zero-order valence-corrected chi connectivity index (χ0v) is 6.96. The minimum absolute atomic E-state index is 0.703. The number of rotatable bonds is 4. The average Bonchev–Trinajstić information content (AvgIpc) is 2.64. The van der Waals surface area contributed by atoms with Crippen molar-refractivity contribution < 1.29 is 19.2 Å². The highest BCUT2D eigenvalue weighted by Gasteiger charge is 2.67. The highest BCUT2D eigenvalue weighted by Crippen LogP contribution is 2.18. The molecule has 0 saturated heterocycles. The Morgan fingerprint density at radius 2 is 1.69 bits per heavy atom. The Balaban J connectivity index is 3.28. The quantitative estimate of drug-likeness (QED) is 0.266. The third kappa shape index (κ3) is 1.47. The van der Waals surface area contributed by atoms with Crippen molar-refractivity contribution in [2.24, 2.45) is 0 Å². The highest BCUT2D eigenvalue weighted by atomic mass is 19.2. The van der Waals surface area contributed by atoms with E-state index in [9.17, 15) is 34.7 Å². The van der Waals surface area contributed by atoms with Crippen molar-refractivity contribution in [3.63, 3.8) is 0 Å². The average molecular weight is 237 g/mol. The van der Waals surface area contributed by atoms with Gasteiger partial charge < -0.3 is 10.1 Å². The fourth-order valence-corrected chi connectivity index (χ4v) is 0.613. The third-order valence-corrected chi connectivity index (χ3v) is 1.29. The fourth-order valence-electron chi connectivity index (χ4n) is 0.613. The van der Waals surface area contributed by atoms with Gasteiger partial charge >= 0.3 is 12.0 Å². The zero-order valence-electron chi connectivity index (χ0n) is 6.96. The lowest BCUT2D eigenvalue weighted by Crippen LogP contribution is -2.46. The molecule has 0 atom stereocenters. The second-order valence-electron chi connectivity index (χ2n) is 2.20. The van der Waals surface area contributed by atoms with Crippen LogP contribution in [0.2, 0.25) is 0 Å². The summed E-state index contributed by atoms with van der Waals surface area (Å²) >= 11 is 0. The minimum Gasteiger partial charge on any atom is -0.390 e. The molecule has 0 spiro atoms. The van der Waals surface area contributed by atoms with Gasteiger partial charge in [-0.1, -0.05) is 4.39 Å². The van der Waals surface area contributed by atoms with Crippen LogP contribution in [0.3, 0.4) is 0 Å². The van der Waals surface area contributed by atoms with Crippen molar-refractivity contribution in [2.45, 2.75) is 6.04 Å². The van der Waals surface area contributed by atoms with Crippen molar-refractivity contribution in [1.29, 1.82) is 0 Å². The molecule has 0 aliphatic rings. The summed E-state index contributed by atoms with van der Waals surface area (Å²) in [5.41, 5.74) is 0. The Kier molecular flexibility index (Phi) is 2.40. The third-order valence-electron chi connectivity index (χ3n) is 1.29. The maximum atomic E-state index is 13.2. The van der Waals surface area contributed by atoms with E-state index in [-0.39, 0.29) is 0 Å². The first-order valence-electron chi connectivity index (χ1n) is 3.23. The summed E-state index contributed by atoms with van der Waals surface area (Å²) in [6, 6.07) is -4.43. The molecule has 0 aliphatic heterocycles. The van der Waals surface area contributed by atoms with Crippen LogP contribution in [-0.2, 0) is 6.04 Å². The van der Waals surface area contributed by atoms with E-state index >= 15 is 0 Å². The monoisotopic (exact) mass is 237 g/mol. The molecule has 0 aromatic carbocycles. The van der Waals surface area contributed by atoms with Gasteiger partial charge in [-0.3, -0.25) is 20.2 Å². The molecule has 1 heterocycles. The largest absolute Gasteiger partial charge is 0.764 e. The van der Waals surface area contributed by atoms with E-state index < -0.39 is 31.6 Å². The molecule has 16 heavy (non-hydrogen) atoms. The summed E-state index contributed by atoms with van der Waals surface area (Å²) in [4.78, 5) is 24.4. The van der Waals surface area contributed by atoms with Crippen LogP contribution in [0.5, 0.6) is 0 Å². The van der Waals surface area contributed by atoms with E-state index in [2.05, 4.69) is 15.4 Å². The second kappa shape index (κ2) is 3.41. The minimum atomic E-state index is -4.43. The van der Waals surface area contributed by atoms with Gasteiger partial charge in [0.05, 0.1) is 20.2 Å². The SMILES string of the molecule is O=[N+]([O-])c1nnn(C(F)([N+](=O)[O-])[N+](=O)[O-])n1. The standard InChI is InChI=1S/C2FN7O6/c3-2(9(13)14,10(15)16)8-5-1(4-6-8)7(11)12. The van der Waals surface area contributed by atoms with Crippen LogP contribution in [0, 0.1) is 30.3 Å². The fraction of sp³-hybridized carbons (Fsp3) is 0.500. The van der Waals surface area contributed by atoms with Gasteiger partial charge in [-0.25, -0.2) is 0 Å². The summed E-state index contributed by atoms with van der Waals surface area (Å²) in [5, 5.41) is 38.0. The van der Waals surface area contributed by atoms with E-state index in [1.807, 2.05) is 0 Å². The van der Waals surface area contributed by atoms with Gasteiger partial charge in [-0.2, -0.15) is 0 Å². The molecular formula is C2FN7O6. The molecule has 1 rings (SSSR count). The number of hydrogen-bond donors (Lipinski definition) is 0. The number of alkyl halides is 1. The summed E-state index contributed by atoms with van der Waals surface area (Å²) in [7, 11) is 0. The topological polar surface area (TPSA) is 173 Å². The molecule has 0 fully saturated rings. The molecular weight excluding hydrogens is 237 g/mol. The molecule has 0 N–H and O–H groups in total. The summed E-state index contributed by atoms with van der Waals surface area (Å²) in [5.74, 6) is -1.30. The number of nitro groups is 3. The summed E-state index contributed by atoms with van der Waals surface area (Å²) in [6.45, 7) is 0. The van der Waals surface area contributed by atoms with E-state index in [4.69, 9.17) is 0 Å². The molecule has 1 aromatic heterocycles. The van der Waals surface area contributed by atoms with Gasteiger partial charge in [-0.15, -0.1) is 0 Å². The normalized spacial score (nSPS) is 11.1. The maximum Gasteiger partial charge on any atom is 0.764 e. The molecule has 86 valence electrons. The van der Waals surface area contributed by atoms with Crippen molar-refractivity contribution in [2.75, 3.05) is 0 Å². The van der Waals surface area contributed by atoms with Crippen molar-refractivity contribution in [1.82, 2.24) is 20.2 Å². The van der Waals surface area contributed by atoms with Crippen LogP contribution in [0.4, 0.5) is 10.3 Å². The van der Waals surface area contributed by atoms with Crippen LogP contribution in [0.1, 0.15) is 0 Å². The van der Waals surface area contributed by atoms with E-state index in [1.165, 1.54) is 0 Å². The molecule has 0 bridgehead atoms. The lowest BCUT2D eigenvalue weighted by Gasteiger charge is -2.01. The second-order valence-corrected chi connectivity index (χ2v) is 2.20. The first kappa shape index (κ1) is 11.3. The Bertz CT molecular complexity index is 453. The number of hydrogen-bond acceptors (Lipinski definition) is 9. The molecule has 0 radical (unpaired) electrons. The van der Waals surface area contributed by atoms with Crippen LogP contribution in [0.15, 0.2) is 0 Å². The lowest BCUT2D eigenvalue weighted by molar-refractivity contribution is -0.872. The Morgan fingerprint density at radius 3 is 2.00 bits per heavy atom. The van der Waals surface area contributed by atoms with Gasteiger partial charge in [0.1, 0.15) is 0 Å². The van der Waals surface area contributed by atoms with Crippen molar-refractivity contribution in [3.8, 4) is 0 Å². The first-order chi connectivity index (χ1) is 7.30. The summed E-state index contributed by atoms with van der Waals surface area (Å²) < 4.78 is 13.2. The Labute approximate surface area is 82.9 Å². The predicted octanol–water partition coefficient (Wildman–Crippen LogP) is -1.33. The number of halogens is 1. The Morgan fingerprint density at radius 1 is 1.19 bits per heavy atom. The molecule has 1 aromatic rings. The van der Waals surface area contributed by atoms with Gasteiger partial charge in [-0.05, 0) is 4.92 Å². The number of nitrogens with zero attached hydrogens (tertiary/aromatic N) is 7. The van der Waals surface area contributed by atoms with Crippen LogP contribution >= 0.6 is 0 Å². The summed E-state index contributed by atoms with van der Waals surface area (Å²) in [6.07, 6.45) is 0. The Hall–Kier alpha value is -2.80. The number of aromatic nitrogens is 4. The maximum absolute atomic E-state index is 13.2. The zero-order chi connectivity index (χ0) is 12.5. The van der Waals surface area contributed by atoms with Crippen molar-refractivity contribution >= 4 is 5.95 Å². The van der Waals surface area contributed by atoms with E-state index in [0.717, 1.165) is 0 Å². The van der Waals surface area contributed by atoms with Gasteiger partial charge in [0.2, 0.25) is 0 Å². The van der Waals surface area contributed by atoms with Gasteiger partial charge in [0.25, 0.3) is 0 Å². The molecule has 0 aliphatic carbocycles. The highest BCUT2D eigenvalue weighted by molar-refractivity contribution is 4.92. The predicted molar refractivity (Wildman–Crippen MR) is 37.5 cm³/mol. The van der Waals surface area contributed by atoms with Crippen molar-refractivity contribution in [3.05, 3.63) is 30.3 Å². The van der Waals surface area contributed by atoms with Crippen LogP contribution in [-0.4, -0.2) is 35.0 Å².